The van der Waals surface area contributed by atoms with Gasteiger partial charge < -0.3 is 10.1 Å². The van der Waals surface area contributed by atoms with Crippen molar-refractivity contribution in [2.24, 2.45) is 0 Å². The van der Waals surface area contributed by atoms with Gasteiger partial charge >= 0.3 is 0 Å². The number of para-hydroxylation sites is 1. The number of hydrogen-bond acceptors (Lipinski definition) is 3. The molecule has 2 aromatic carbocycles. The SMILES string of the molecule is Cc1cc(C(=O)NCCCOC(C)c2ccccc2)nn1-c1ccccc1. The van der Waals surface area contributed by atoms with E-state index in [9.17, 15) is 4.79 Å². The van der Waals surface area contributed by atoms with E-state index in [1.165, 1.54) is 0 Å². The van der Waals surface area contributed by atoms with Gasteiger partial charge in [0.15, 0.2) is 5.69 Å². The molecule has 3 aromatic rings. The molecule has 0 saturated carbocycles. The van der Waals surface area contributed by atoms with E-state index in [0.29, 0.717) is 18.8 Å². The molecule has 0 bridgehead atoms. The monoisotopic (exact) mass is 363 g/mol. The maximum absolute atomic E-state index is 12.3. The van der Waals surface area contributed by atoms with Gasteiger partial charge in [-0.3, -0.25) is 4.79 Å². The lowest BCUT2D eigenvalue weighted by Crippen LogP contribution is -2.26. The number of ether oxygens (including phenoxy) is 1. The van der Waals surface area contributed by atoms with Crippen molar-refractivity contribution in [1.29, 1.82) is 0 Å². The molecule has 1 N–H and O–H groups in total. The first-order valence-corrected chi connectivity index (χ1v) is 9.22. The second-order valence-corrected chi connectivity index (χ2v) is 6.45. The summed E-state index contributed by atoms with van der Waals surface area (Å²) in [5.41, 5.74) is 3.45. The first-order chi connectivity index (χ1) is 13.1. The maximum atomic E-state index is 12.3. The summed E-state index contributed by atoms with van der Waals surface area (Å²) in [7, 11) is 0. The van der Waals surface area contributed by atoms with Crippen LogP contribution in [0.1, 0.15) is 41.2 Å². The molecule has 140 valence electrons. The summed E-state index contributed by atoms with van der Waals surface area (Å²) in [6.45, 7) is 5.12. The van der Waals surface area contributed by atoms with Crippen molar-refractivity contribution in [3.63, 3.8) is 0 Å². The third kappa shape index (κ3) is 5.05. The average molecular weight is 363 g/mol. The number of carbonyl (C=O) groups excluding carboxylic acids is 1. The highest BCUT2D eigenvalue weighted by molar-refractivity contribution is 5.92. The largest absolute Gasteiger partial charge is 0.374 e. The summed E-state index contributed by atoms with van der Waals surface area (Å²) in [4.78, 5) is 12.3. The van der Waals surface area contributed by atoms with Crippen LogP contribution in [0, 0.1) is 6.92 Å². The molecule has 0 aliphatic rings. The molecule has 5 nitrogen and oxygen atoms in total. The number of amides is 1. The molecule has 0 saturated heterocycles. The van der Waals surface area contributed by atoms with Crippen molar-refractivity contribution in [3.05, 3.63) is 83.7 Å². The molecular weight excluding hydrogens is 338 g/mol. The molecule has 1 atom stereocenters. The van der Waals surface area contributed by atoms with Gasteiger partial charge in [-0.1, -0.05) is 48.5 Å². The van der Waals surface area contributed by atoms with E-state index in [1.54, 1.807) is 10.7 Å². The highest BCUT2D eigenvalue weighted by Gasteiger charge is 2.13. The quantitative estimate of drug-likeness (QED) is 0.614. The Morgan fingerprint density at radius 2 is 1.78 bits per heavy atom. The molecule has 1 amide bonds. The van der Waals surface area contributed by atoms with Crippen LogP contribution in [0.15, 0.2) is 66.7 Å². The Labute approximate surface area is 160 Å². The molecule has 1 unspecified atom stereocenters. The fraction of sp³-hybridized carbons (Fsp3) is 0.273. The van der Waals surface area contributed by atoms with Crippen LogP contribution in [-0.4, -0.2) is 28.8 Å². The average Bonchev–Trinajstić information content (AvgIpc) is 3.10. The van der Waals surface area contributed by atoms with E-state index in [2.05, 4.69) is 22.5 Å². The minimum Gasteiger partial charge on any atom is -0.374 e. The lowest BCUT2D eigenvalue weighted by atomic mass is 10.1. The normalized spacial score (nSPS) is 11.9. The third-order valence-electron chi connectivity index (χ3n) is 4.36. The van der Waals surface area contributed by atoms with Gasteiger partial charge in [-0.15, -0.1) is 0 Å². The first-order valence-electron chi connectivity index (χ1n) is 9.22. The summed E-state index contributed by atoms with van der Waals surface area (Å²) < 4.78 is 7.60. The molecule has 0 aliphatic heterocycles. The van der Waals surface area contributed by atoms with Crippen molar-refractivity contribution < 1.29 is 9.53 Å². The topological polar surface area (TPSA) is 56.1 Å². The lowest BCUT2D eigenvalue weighted by molar-refractivity contribution is 0.0634. The Morgan fingerprint density at radius 3 is 2.48 bits per heavy atom. The van der Waals surface area contributed by atoms with Gasteiger partial charge in [0.25, 0.3) is 5.91 Å². The van der Waals surface area contributed by atoms with Gasteiger partial charge in [-0.05, 0) is 44.0 Å². The van der Waals surface area contributed by atoms with E-state index in [-0.39, 0.29) is 12.0 Å². The van der Waals surface area contributed by atoms with Gasteiger partial charge in [-0.2, -0.15) is 5.10 Å². The van der Waals surface area contributed by atoms with Crippen LogP contribution in [0.3, 0.4) is 0 Å². The standard InChI is InChI=1S/C22H25N3O2/c1-17-16-21(24-25(17)20-12-7-4-8-13-20)22(26)23-14-9-15-27-18(2)19-10-5-3-6-11-19/h3-8,10-13,16,18H,9,14-15H2,1-2H3,(H,23,26). The summed E-state index contributed by atoms with van der Waals surface area (Å²) in [5, 5.41) is 7.33. The zero-order valence-electron chi connectivity index (χ0n) is 15.8. The Morgan fingerprint density at radius 1 is 1.11 bits per heavy atom. The number of hydrogen-bond donors (Lipinski definition) is 1. The lowest BCUT2D eigenvalue weighted by Gasteiger charge is -2.13. The Balaban J connectivity index is 1.45. The van der Waals surface area contributed by atoms with Crippen LogP contribution in [0.2, 0.25) is 0 Å². The summed E-state index contributed by atoms with van der Waals surface area (Å²) >= 11 is 0. The highest BCUT2D eigenvalue weighted by atomic mass is 16.5. The van der Waals surface area contributed by atoms with Crippen molar-refractivity contribution in [2.75, 3.05) is 13.2 Å². The number of nitrogens with zero attached hydrogens (tertiary/aromatic N) is 2. The zero-order valence-corrected chi connectivity index (χ0v) is 15.8. The molecule has 0 radical (unpaired) electrons. The number of carbonyl (C=O) groups is 1. The Kier molecular flexibility index (Phi) is 6.39. The van der Waals surface area contributed by atoms with Gasteiger partial charge in [0.05, 0.1) is 11.8 Å². The first kappa shape index (κ1) is 18.9. The van der Waals surface area contributed by atoms with Crippen LogP contribution < -0.4 is 5.32 Å². The van der Waals surface area contributed by atoms with Crippen molar-refractivity contribution in [2.45, 2.75) is 26.4 Å². The van der Waals surface area contributed by atoms with Gasteiger partial charge in [-0.25, -0.2) is 4.68 Å². The van der Waals surface area contributed by atoms with Gasteiger partial charge in [0.1, 0.15) is 0 Å². The molecule has 0 fully saturated rings. The minimum atomic E-state index is -0.163. The molecule has 27 heavy (non-hydrogen) atoms. The zero-order chi connectivity index (χ0) is 19.1. The summed E-state index contributed by atoms with van der Waals surface area (Å²) in [6, 6.07) is 21.7. The van der Waals surface area contributed by atoms with Crippen LogP contribution in [0.25, 0.3) is 5.69 Å². The number of benzene rings is 2. The van der Waals surface area contributed by atoms with Crippen molar-refractivity contribution in [1.82, 2.24) is 15.1 Å². The van der Waals surface area contributed by atoms with E-state index < -0.39 is 0 Å². The molecule has 1 heterocycles. The van der Waals surface area contributed by atoms with E-state index in [0.717, 1.165) is 23.4 Å². The van der Waals surface area contributed by atoms with Crippen LogP contribution >= 0.6 is 0 Å². The molecule has 1 aromatic heterocycles. The fourth-order valence-electron chi connectivity index (χ4n) is 2.86. The Bertz CT molecular complexity index is 860. The summed E-state index contributed by atoms with van der Waals surface area (Å²) in [6.07, 6.45) is 0.799. The summed E-state index contributed by atoms with van der Waals surface area (Å²) in [5.74, 6) is -0.163. The van der Waals surface area contributed by atoms with E-state index >= 15 is 0 Å². The number of rotatable bonds is 8. The third-order valence-corrected chi connectivity index (χ3v) is 4.36. The second kappa shape index (κ2) is 9.14. The number of nitrogens with one attached hydrogen (secondary N) is 1. The predicted molar refractivity (Wildman–Crippen MR) is 106 cm³/mol. The number of aryl methyl sites for hydroxylation is 1. The molecule has 3 rings (SSSR count). The second-order valence-electron chi connectivity index (χ2n) is 6.45. The molecule has 5 heteroatoms. The van der Waals surface area contributed by atoms with Crippen LogP contribution in [0.5, 0.6) is 0 Å². The smallest absolute Gasteiger partial charge is 0.271 e. The Hall–Kier alpha value is -2.92. The molecular formula is C22H25N3O2. The molecule has 0 aliphatic carbocycles. The van der Waals surface area contributed by atoms with Crippen molar-refractivity contribution >= 4 is 5.91 Å². The number of aromatic nitrogens is 2. The van der Waals surface area contributed by atoms with Crippen LogP contribution in [-0.2, 0) is 4.74 Å². The minimum absolute atomic E-state index is 0.0473. The molecule has 0 spiro atoms. The maximum Gasteiger partial charge on any atom is 0.271 e. The van der Waals surface area contributed by atoms with Crippen molar-refractivity contribution in [3.8, 4) is 5.69 Å². The predicted octanol–water partition coefficient (Wildman–Crippen LogP) is 4.08. The van der Waals surface area contributed by atoms with E-state index in [1.807, 2.05) is 62.4 Å². The highest BCUT2D eigenvalue weighted by Crippen LogP contribution is 2.16. The van der Waals surface area contributed by atoms with E-state index in [4.69, 9.17) is 4.74 Å². The fourth-order valence-corrected chi connectivity index (χ4v) is 2.86. The van der Waals surface area contributed by atoms with Crippen LogP contribution in [0.4, 0.5) is 0 Å². The van der Waals surface area contributed by atoms with Gasteiger partial charge in [0, 0.05) is 18.8 Å². The van der Waals surface area contributed by atoms with Gasteiger partial charge in [0.2, 0.25) is 0 Å².